The summed E-state index contributed by atoms with van der Waals surface area (Å²) in [7, 11) is 0. The minimum Gasteiger partial charge on any atom is -0.0616 e. The van der Waals surface area contributed by atoms with Gasteiger partial charge in [-0.25, -0.2) is 0 Å². The standard InChI is InChI=1S/C34H20/c1-3-11-23-21(9-1)17-19-29-25-13-5-8-16-28(25)34-32-24-12-4-2-10-22(24)18-20-30(32)26-14-6-7-15-27(26)33(34)31(23)29/h1-20H. The van der Waals surface area contributed by atoms with Crippen LogP contribution in [0.5, 0.6) is 0 Å². The average molecular weight is 429 g/mol. The van der Waals surface area contributed by atoms with Crippen LogP contribution in [-0.2, 0) is 0 Å². The zero-order valence-corrected chi connectivity index (χ0v) is 18.5. The van der Waals surface area contributed by atoms with Gasteiger partial charge in [0, 0.05) is 0 Å². The summed E-state index contributed by atoms with van der Waals surface area (Å²) in [5.41, 5.74) is 0. The van der Waals surface area contributed by atoms with Crippen LogP contribution in [0.15, 0.2) is 121 Å². The van der Waals surface area contributed by atoms with Crippen LogP contribution in [0.2, 0.25) is 0 Å². The minimum atomic E-state index is 1.29. The molecule has 0 aromatic heterocycles. The average Bonchev–Trinajstić information content (AvgIpc) is 2.92. The molecule has 0 aliphatic heterocycles. The number of hydrogen-bond acceptors (Lipinski definition) is 0. The van der Waals surface area contributed by atoms with Gasteiger partial charge in [0.2, 0.25) is 0 Å². The van der Waals surface area contributed by atoms with Crippen LogP contribution in [-0.4, -0.2) is 0 Å². The van der Waals surface area contributed by atoms with E-state index in [-0.39, 0.29) is 0 Å². The van der Waals surface area contributed by atoms with E-state index in [0.717, 1.165) is 0 Å². The summed E-state index contributed by atoms with van der Waals surface area (Å²) in [5, 5.41) is 18.6. The van der Waals surface area contributed by atoms with Crippen molar-refractivity contribution in [2.75, 3.05) is 0 Å². The molecule has 0 N–H and O–H groups in total. The zero-order chi connectivity index (χ0) is 22.2. The predicted octanol–water partition coefficient (Wildman–Crippen LogP) is 9.76. The molecule has 0 aliphatic carbocycles. The van der Waals surface area contributed by atoms with Crippen molar-refractivity contribution >= 4 is 75.4 Å². The third-order valence-corrected chi connectivity index (χ3v) is 7.58. The van der Waals surface area contributed by atoms with Crippen LogP contribution in [0, 0.1) is 0 Å². The van der Waals surface area contributed by atoms with E-state index in [1.807, 2.05) is 0 Å². The molecular formula is C34H20. The molecule has 34 heavy (non-hydrogen) atoms. The van der Waals surface area contributed by atoms with E-state index >= 15 is 0 Å². The fourth-order valence-corrected chi connectivity index (χ4v) is 6.19. The second kappa shape index (κ2) is 6.56. The highest BCUT2D eigenvalue weighted by Crippen LogP contribution is 2.47. The summed E-state index contributed by atoms with van der Waals surface area (Å²) in [6.07, 6.45) is 0. The highest BCUT2D eigenvalue weighted by molar-refractivity contribution is 6.44. The summed E-state index contributed by atoms with van der Waals surface area (Å²) in [6.45, 7) is 0. The van der Waals surface area contributed by atoms with Gasteiger partial charge in [-0.2, -0.15) is 0 Å². The number of benzene rings is 8. The lowest BCUT2D eigenvalue weighted by atomic mass is 9.84. The highest BCUT2D eigenvalue weighted by atomic mass is 14.2. The molecule has 0 radical (unpaired) electrons. The first kappa shape index (κ1) is 18.1. The molecule has 0 saturated carbocycles. The van der Waals surface area contributed by atoms with Crippen LogP contribution >= 0.6 is 0 Å². The maximum absolute atomic E-state index is 2.32. The van der Waals surface area contributed by atoms with Gasteiger partial charge in [-0.1, -0.05) is 121 Å². The van der Waals surface area contributed by atoms with E-state index in [1.165, 1.54) is 75.4 Å². The lowest BCUT2D eigenvalue weighted by Crippen LogP contribution is -1.90. The Bertz CT molecular complexity index is 1960. The van der Waals surface area contributed by atoms with Gasteiger partial charge in [-0.15, -0.1) is 0 Å². The van der Waals surface area contributed by atoms with Crippen molar-refractivity contribution in [2.24, 2.45) is 0 Å². The largest absolute Gasteiger partial charge is 0.0616 e. The molecule has 0 heteroatoms. The fraction of sp³-hybridized carbons (Fsp3) is 0. The Labute approximate surface area is 196 Å². The molecule has 0 nitrogen and oxygen atoms in total. The molecule has 0 saturated heterocycles. The van der Waals surface area contributed by atoms with Crippen LogP contribution in [0.1, 0.15) is 0 Å². The smallest absolute Gasteiger partial charge is 0.000742 e. The molecule has 8 rings (SSSR count). The first-order chi connectivity index (χ1) is 16.9. The monoisotopic (exact) mass is 428 g/mol. The van der Waals surface area contributed by atoms with E-state index in [4.69, 9.17) is 0 Å². The summed E-state index contributed by atoms with van der Waals surface area (Å²) in [6, 6.07) is 44.7. The first-order valence-corrected chi connectivity index (χ1v) is 11.9. The summed E-state index contributed by atoms with van der Waals surface area (Å²) < 4.78 is 0. The van der Waals surface area contributed by atoms with Crippen molar-refractivity contribution in [1.29, 1.82) is 0 Å². The van der Waals surface area contributed by atoms with Crippen molar-refractivity contribution in [2.45, 2.75) is 0 Å². The molecule has 0 aliphatic rings. The van der Waals surface area contributed by atoms with Gasteiger partial charge in [-0.05, 0) is 75.4 Å². The predicted molar refractivity (Wildman–Crippen MR) is 149 cm³/mol. The number of rotatable bonds is 0. The SMILES string of the molecule is c1ccc2c(c1)ccc1c3ccccc3c3c4c5ccccc5ccc4c4ccccc4c3c21. The lowest BCUT2D eigenvalue weighted by Gasteiger charge is -2.18. The van der Waals surface area contributed by atoms with E-state index < -0.39 is 0 Å². The van der Waals surface area contributed by atoms with Gasteiger partial charge < -0.3 is 0 Å². The summed E-state index contributed by atoms with van der Waals surface area (Å²) >= 11 is 0. The molecular weight excluding hydrogens is 408 g/mol. The zero-order valence-electron chi connectivity index (χ0n) is 18.5. The van der Waals surface area contributed by atoms with Gasteiger partial charge >= 0.3 is 0 Å². The molecule has 0 amide bonds. The van der Waals surface area contributed by atoms with Crippen molar-refractivity contribution in [3.8, 4) is 0 Å². The Balaban J connectivity index is 1.88. The molecule has 0 unspecified atom stereocenters. The molecule has 8 aromatic carbocycles. The number of hydrogen-bond donors (Lipinski definition) is 0. The van der Waals surface area contributed by atoms with Crippen molar-refractivity contribution in [3.63, 3.8) is 0 Å². The van der Waals surface area contributed by atoms with Crippen molar-refractivity contribution < 1.29 is 0 Å². The summed E-state index contributed by atoms with van der Waals surface area (Å²) in [4.78, 5) is 0. The lowest BCUT2D eigenvalue weighted by molar-refractivity contribution is 1.78. The Kier molecular flexibility index (Phi) is 3.48. The van der Waals surface area contributed by atoms with Crippen LogP contribution in [0.4, 0.5) is 0 Å². The Morgan fingerprint density at radius 2 is 0.529 bits per heavy atom. The maximum Gasteiger partial charge on any atom is -0.000742 e. The third-order valence-electron chi connectivity index (χ3n) is 7.58. The topological polar surface area (TPSA) is 0 Å². The van der Waals surface area contributed by atoms with Gasteiger partial charge in [-0.3, -0.25) is 0 Å². The normalized spacial score (nSPS) is 12.1. The molecule has 0 spiro atoms. The second-order valence-electron chi connectivity index (χ2n) is 9.26. The molecule has 0 heterocycles. The molecule has 0 atom stereocenters. The second-order valence-corrected chi connectivity index (χ2v) is 9.26. The van der Waals surface area contributed by atoms with E-state index in [9.17, 15) is 0 Å². The van der Waals surface area contributed by atoms with Gasteiger partial charge in [0.1, 0.15) is 0 Å². The summed E-state index contributed by atoms with van der Waals surface area (Å²) in [5.74, 6) is 0. The third kappa shape index (κ3) is 2.23. The van der Waals surface area contributed by atoms with Gasteiger partial charge in [0.25, 0.3) is 0 Å². The van der Waals surface area contributed by atoms with Crippen LogP contribution in [0.25, 0.3) is 75.4 Å². The minimum absolute atomic E-state index is 1.29. The van der Waals surface area contributed by atoms with Crippen molar-refractivity contribution in [3.05, 3.63) is 121 Å². The fourth-order valence-electron chi connectivity index (χ4n) is 6.19. The van der Waals surface area contributed by atoms with E-state index in [2.05, 4.69) is 121 Å². The quantitative estimate of drug-likeness (QED) is 0.211. The first-order valence-electron chi connectivity index (χ1n) is 11.9. The molecule has 8 aromatic rings. The van der Waals surface area contributed by atoms with E-state index in [1.54, 1.807) is 0 Å². The molecule has 156 valence electrons. The molecule has 0 fully saturated rings. The highest BCUT2D eigenvalue weighted by Gasteiger charge is 2.18. The van der Waals surface area contributed by atoms with Crippen LogP contribution in [0.3, 0.4) is 0 Å². The molecule has 0 bridgehead atoms. The number of fused-ring (bicyclic) bond motifs is 15. The van der Waals surface area contributed by atoms with Gasteiger partial charge in [0.15, 0.2) is 0 Å². The maximum atomic E-state index is 2.32. The Morgan fingerprint density at radius 1 is 0.206 bits per heavy atom. The van der Waals surface area contributed by atoms with Crippen LogP contribution < -0.4 is 0 Å². The van der Waals surface area contributed by atoms with Gasteiger partial charge in [0.05, 0.1) is 0 Å². The van der Waals surface area contributed by atoms with E-state index in [0.29, 0.717) is 0 Å². The Morgan fingerprint density at radius 3 is 0.971 bits per heavy atom. The Hall–Kier alpha value is -4.42. The van der Waals surface area contributed by atoms with Crippen molar-refractivity contribution in [1.82, 2.24) is 0 Å².